The van der Waals surface area contributed by atoms with Crippen LogP contribution in [0.3, 0.4) is 0 Å². The minimum atomic E-state index is -0.745. The molecule has 1 N–H and O–H groups in total. The van der Waals surface area contributed by atoms with Crippen LogP contribution in [0.4, 0.5) is 4.39 Å². The highest BCUT2D eigenvalue weighted by Crippen LogP contribution is 2.37. The molecule has 0 aromatic heterocycles. The van der Waals surface area contributed by atoms with Gasteiger partial charge in [-0.25, -0.2) is 4.39 Å². The van der Waals surface area contributed by atoms with E-state index in [2.05, 4.69) is 0 Å². The van der Waals surface area contributed by atoms with E-state index in [0.29, 0.717) is 6.42 Å². The van der Waals surface area contributed by atoms with Crippen LogP contribution >= 0.6 is 11.6 Å². The molecule has 86 valence electrons. The van der Waals surface area contributed by atoms with Crippen molar-refractivity contribution in [2.75, 3.05) is 0 Å². The van der Waals surface area contributed by atoms with E-state index in [0.717, 1.165) is 18.4 Å². The molecule has 2 rings (SSSR count). The van der Waals surface area contributed by atoms with Gasteiger partial charge < -0.3 is 5.11 Å². The lowest BCUT2D eigenvalue weighted by Crippen LogP contribution is -2.34. The summed E-state index contributed by atoms with van der Waals surface area (Å²) in [7, 11) is 0. The Morgan fingerprint density at radius 3 is 2.75 bits per heavy atom. The summed E-state index contributed by atoms with van der Waals surface area (Å²) in [6, 6.07) is 4.66. The molecule has 1 saturated carbocycles. The van der Waals surface area contributed by atoms with Crippen molar-refractivity contribution in [3.8, 4) is 0 Å². The van der Waals surface area contributed by atoms with Crippen molar-refractivity contribution in [3.63, 3.8) is 0 Å². The second kappa shape index (κ2) is 4.42. The van der Waals surface area contributed by atoms with Gasteiger partial charge in [0.2, 0.25) is 0 Å². The molecule has 0 spiro atoms. The third kappa shape index (κ3) is 2.19. The molecule has 1 aliphatic carbocycles. The van der Waals surface area contributed by atoms with Gasteiger partial charge in [-0.3, -0.25) is 4.79 Å². The number of carbonyl (C=O) groups is 1. The van der Waals surface area contributed by atoms with E-state index < -0.39 is 11.8 Å². The molecule has 2 nitrogen and oxygen atoms in total. The molecule has 1 fully saturated rings. The Hall–Kier alpha value is -1.09. The summed E-state index contributed by atoms with van der Waals surface area (Å²) in [5, 5.41) is 8.99. The molecular formula is C12H12ClFO2. The number of carboxylic acid groups (broad SMARTS) is 1. The van der Waals surface area contributed by atoms with Gasteiger partial charge in [-0.2, -0.15) is 0 Å². The lowest BCUT2D eigenvalue weighted by atomic mass is 9.71. The average Bonchev–Trinajstić information content (AvgIpc) is 2.17. The van der Waals surface area contributed by atoms with Crippen LogP contribution in [0.5, 0.6) is 0 Å². The Morgan fingerprint density at radius 1 is 1.50 bits per heavy atom. The van der Waals surface area contributed by atoms with Gasteiger partial charge in [0.15, 0.2) is 0 Å². The third-order valence-electron chi connectivity index (χ3n) is 3.22. The van der Waals surface area contributed by atoms with Gasteiger partial charge in [0, 0.05) is 0 Å². The Labute approximate surface area is 98.0 Å². The minimum absolute atomic E-state index is 0.104. The zero-order valence-corrected chi connectivity index (χ0v) is 9.38. The molecule has 0 bridgehead atoms. The highest BCUT2D eigenvalue weighted by atomic mass is 35.5. The number of halogens is 2. The molecule has 0 radical (unpaired) electrons. The Kier molecular flexibility index (Phi) is 3.15. The van der Waals surface area contributed by atoms with Gasteiger partial charge in [-0.15, -0.1) is 0 Å². The molecule has 4 heteroatoms. The van der Waals surface area contributed by atoms with Gasteiger partial charge in [-0.05, 0) is 42.9 Å². The van der Waals surface area contributed by atoms with Gasteiger partial charge in [-0.1, -0.05) is 17.7 Å². The number of rotatable bonds is 3. The second-order valence-electron chi connectivity index (χ2n) is 4.23. The summed E-state index contributed by atoms with van der Waals surface area (Å²) in [5.41, 5.74) is 0.817. The fourth-order valence-electron chi connectivity index (χ4n) is 2.11. The Balaban J connectivity index is 2.04. The van der Waals surface area contributed by atoms with E-state index in [1.54, 1.807) is 6.07 Å². The predicted octanol–water partition coefficient (Wildman–Crippen LogP) is 3.13. The number of aliphatic carboxylic acids is 1. The van der Waals surface area contributed by atoms with Crippen molar-refractivity contribution in [3.05, 3.63) is 34.6 Å². The number of carboxylic acids is 1. The summed E-state index contributed by atoms with van der Waals surface area (Å²) in [6.45, 7) is 0. The summed E-state index contributed by atoms with van der Waals surface area (Å²) in [5.74, 6) is -1.31. The number of hydrogen-bond acceptors (Lipinski definition) is 1. The van der Waals surface area contributed by atoms with Gasteiger partial charge >= 0.3 is 5.97 Å². The highest BCUT2D eigenvalue weighted by molar-refractivity contribution is 6.30. The van der Waals surface area contributed by atoms with Gasteiger partial charge in [0.05, 0.1) is 10.9 Å². The van der Waals surface area contributed by atoms with Gasteiger partial charge in [0.1, 0.15) is 5.82 Å². The van der Waals surface area contributed by atoms with Crippen molar-refractivity contribution < 1.29 is 14.3 Å². The van der Waals surface area contributed by atoms with Crippen molar-refractivity contribution >= 4 is 17.6 Å². The normalized spacial score (nSPS) is 23.9. The first kappa shape index (κ1) is 11.4. The quantitative estimate of drug-likeness (QED) is 0.884. The van der Waals surface area contributed by atoms with Crippen LogP contribution in [-0.4, -0.2) is 11.1 Å². The molecule has 2 unspecified atom stereocenters. The van der Waals surface area contributed by atoms with Crippen LogP contribution < -0.4 is 0 Å². The van der Waals surface area contributed by atoms with Crippen LogP contribution in [0, 0.1) is 17.7 Å². The van der Waals surface area contributed by atoms with E-state index in [1.807, 2.05) is 0 Å². The molecule has 0 amide bonds. The number of hydrogen-bond donors (Lipinski definition) is 1. The van der Waals surface area contributed by atoms with E-state index >= 15 is 0 Å². The fraction of sp³-hybridized carbons (Fsp3) is 0.417. The summed E-state index contributed by atoms with van der Waals surface area (Å²) >= 11 is 5.58. The minimum Gasteiger partial charge on any atom is -0.481 e. The van der Waals surface area contributed by atoms with Crippen molar-refractivity contribution in [1.29, 1.82) is 0 Å². The van der Waals surface area contributed by atoms with E-state index in [1.165, 1.54) is 12.1 Å². The highest BCUT2D eigenvalue weighted by Gasteiger charge is 2.36. The van der Waals surface area contributed by atoms with E-state index in [9.17, 15) is 9.18 Å². The van der Waals surface area contributed by atoms with Crippen LogP contribution in [-0.2, 0) is 11.2 Å². The van der Waals surface area contributed by atoms with Crippen molar-refractivity contribution in [2.45, 2.75) is 19.3 Å². The topological polar surface area (TPSA) is 37.3 Å². The smallest absolute Gasteiger partial charge is 0.306 e. The maximum Gasteiger partial charge on any atom is 0.306 e. The lowest BCUT2D eigenvalue weighted by Gasteiger charge is -2.33. The number of benzene rings is 1. The van der Waals surface area contributed by atoms with Crippen LogP contribution in [0.25, 0.3) is 0 Å². The zero-order valence-electron chi connectivity index (χ0n) is 8.62. The fourth-order valence-corrected chi connectivity index (χ4v) is 2.23. The van der Waals surface area contributed by atoms with Crippen molar-refractivity contribution in [1.82, 2.24) is 0 Å². The molecule has 2 atom stereocenters. The van der Waals surface area contributed by atoms with Gasteiger partial charge in [0.25, 0.3) is 0 Å². The molecule has 0 heterocycles. The summed E-state index contributed by atoms with van der Waals surface area (Å²) in [4.78, 5) is 10.8. The largest absolute Gasteiger partial charge is 0.481 e. The van der Waals surface area contributed by atoms with Crippen LogP contribution in [0.1, 0.15) is 18.4 Å². The van der Waals surface area contributed by atoms with E-state index in [4.69, 9.17) is 16.7 Å². The Bertz CT molecular complexity index is 419. The predicted molar refractivity (Wildman–Crippen MR) is 59.0 cm³/mol. The molecule has 1 aromatic rings. The lowest BCUT2D eigenvalue weighted by molar-refractivity contribution is -0.147. The first-order valence-corrected chi connectivity index (χ1v) is 5.62. The maximum atomic E-state index is 13.2. The molecule has 1 aliphatic rings. The molecule has 16 heavy (non-hydrogen) atoms. The van der Waals surface area contributed by atoms with Crippen molar-refractivity contribution in [2.24, 2.45) is 11.8 Å². The van der Waals surface area contributed by atoms with E-state index in [-0.39, 0.29) is 16.9 Å². The molecule has 1 aromatic carbocycles. The third-order valence-corrected chi connectivity index (χ3v) is 3.52. The van der Waals surface area contributed by atoms with Crippen LogP contribution in [0.2, 0.25) is 5.02 Å². The zero-order chi connectivity index (χ0) is 11.7. The monoisotopic (exact) mass is 242 g/mol. The SMILES string of the molecule is O=C(O)C1CCC1Cc1ccc(Cl)c(F)c1. The summed E-state index contributed by atoms with van der Waals surface area (Å²) in [6.07, 6.45) is 2.25. The maximum absolute atomic E-state index is 13.2. The standard InChI is InChI=1S/C12H12ClFO2/c13-10-4-1-7(6-11(10)14)5-8-2-3-9(8)12(15)16/h1,4,6,8-9H,2-3,5H2,(H,15,16). The first-order chi connectivity index (χ1) is 7.58. The average molecular weight is 243 g/mol. The Morgan fingerprint density at radius 2 is 2.25 bits per heavy atom. The first-order valence-electron chi connectivity index (χ1n) is 5.24. The molecule has 0 aliphatic heterocycles. The second-order valence-corrected chi connectivity index (χ2v) is 4.64. The van der Waals surface area contributed by atoms with Crippen LogP contribution in [0.15, 0.2) is 18.2 Å². The molecular weight excluding hydrogens is 231 g/mol. The summed E-state index contributed by atoms with van der Waals surface area (Å²) < 4.78 is 13.2. The molecule has 0 saturated heterocycles.